The van der Waals surface area contributed by atoms with Crippen molar-refractivity contribution in [2.24, 2.45) is 0 Å². The Morgan fingerprint density at radius 1 is 1.11 bits per heavy atom. The first-order chi connectivity index (χ1) is 13.2. The SMILES string of the molecule is CN1CCN(c2ccc3nc(-c4cnc5ccc(C=O)nn45)oc3c2)CC1. The van der Waals surface area contributed by atoms with E-state index in [-0.39, 0.29) is 0 Å². The Kier molecular flexibility index (Phi) is 3.64. The normalized spacial score (nSPS) is 15.7. The summed E-state index contributed by atoms with van der Waals surface area (Å²) in [4.78, 5) is 24.6. The first kappa shape index (κ1) is 16.0. The number of carbonyl (C=O) groups excluding carboxylic acids is 1. The molecule has 0 atom stereocenters. The lowest BCUT2D eigenvalue weighted by molar-refractivity contribution is 0.111. The lowest BCUT2D eigenvalue weighted by atomic mass is 10.2. The van der Waals surface area contributed by atoms with Crippen LogP contribution in [0.1, 0.15) is 10.5 Å². The average molecular weight is 362 g/mol. The van der Waals surface area contributed by atoms with Crippen molar-refractivity contribution >= 4 is 28.7 Å². The number of aromatic nitrogens is 4. The van der Waals surface area contributed by atoms with Gasteiger partial charge in [0.2, 0.25) is 5.89 Å². The van der Waals surface area contributed by atoms with Crippen LogP contribution in [0.15, 0.2) is 40.9 Å². The number of imidazole rings is 1. The summed E-state index contributed by atoms with van der Waals surface area (Å²) < 4.78 is 7.59. The molecule has 1 aliphatic heterocycles. The van der Waals surface area contributed by atoms with Crippen LogP contribution in [0.25, 0.3) is 28.3 Å². The zero-order valence-electron chi connectivity index (χ0n) is 14.9. The molecule has 8 heteroatoms. The Hall–Kier alpha value is -3.26. The highest BCUT2D eigenvalue weighted by Gasteiger charge is 2.18. The van der Waals surface area contributed by atoms with Crippen molar-refractivity contribution < 1.29 is 9.21 Å². The van der Waals surface area contributed by atoms with Gasteiger partial charge in [-0.3, -0.25) is 4.79 Å². The molecule has 0 aliphatic carbocycles. The van der Waals surface area contributed by atoms with Gasteiger partial charge in [-0.15, -0.1) is 0 Å². The minimum atomic E-state index is 0.329. The summed E-state index contributed by atoms with van der Waals surface area (Å²) in [6, 6.07) is 9.47. The second-order valence-electron chi connectivity index (χ2n) is 6.75. The summed E-state index contributed by atoms with van der Waals surface area (Å²) in [6.45, 7) is 4.09. The number of rotatable bonds is 3. The van der Waals surface area contributed by atoms with Crippen molar-refractivity contribution in [3.63, 3.8) is 0 Å². The predicted octanol–water partition coefficient (Wildman–Crippen LogP) is 2.10. The molecule has 0 N–H and O–H groups in total. The summed E-state index contributed by atoms with van der Waals surface area (Å²) in [6.07, 6.45) is 2.36. The van der Waals surface area contributed by atoms with E-state index in [2.05, 4.69) is 38.0 Å². The number of fused-ring (bicyclic) bond motifs is 2. The zero-order valence-corrected chi connectivity index (χ0v) is 14.9. The molecule has 1 saturated heterocycles. The molecule has 0 spiro atoms. The van der Waals surface area contributed by atoms with Gasteiger partial charge >= 0.3 is 0 Å². The molecule has 136 valence electrons. The maximum atomic E-state index is 11.0. The van der Waals surface area contributed by atoms with Crippen LogP contribution in [-0.4, -0.2) is 64.0 Å². The monoisotopic (exact) mass is 362 g/mol. The molecular weight excluding hydrogens is 344 g/mol. The van der Waals surface area contributed by atoms with Crippen LogP contribution in [0.4, 0.5) is 5.69 Å². The average Bonchev–Trinajstić information content (AvgIpc) is 3.31. The smallest absolute Gasteiger partial charge is 0.248 e. The van der Waals surface area contributed by atoms with Crippen molar-refractivity contribution in [2.45, 2.75) is 0 Å². The van der Waals surface area contributed by atoms with Crippen LogP contribution in [0.2, 0.25) is 0 Å². The number of piperazine rings is 1. The summed E-state index contributed by atoms with van der Waals surface area (Å²) in [5.74, 6) is 0.434. The van der Waals surface area contributed by atoms with Gasteiger partial charge in [0, 0.05) is 37.9 Å². The van der Waals surface area contributed by atoms with Crippen LogP contribution in [0.5, 0.6) is 0 Å². The third-order valence-electron chi connectivity index (χ3n) is 4.96. The number of benzene rings is 1. The fourth-order valence-corrected chi connectivity index (χ4v) is 3.38. The van der Waals surface area contributed by atoms with Crippen molar-refractivity contribution in [2.75, 3.05) is 38.1 Å². The van der Waals surface area contributed by atoms with E-state index in [4.69, 9.17) is 4.42 Å². The highest BCUT2D eigenvalue weighted by Crippen LogP contribution is 2.28. The number of nitrogens with zero attached hydrogens (tertiary/aromatic N) is 6. The van der Waals surface area contributed by atoms with E-state index in [1.54, 1.807) is 22.8 Å². The zero-order chi connectivity index (χ0) is 18.4. The minimum absolute atomic E-state index is 0.329. The number of likely N-dealkylation sites (N-methyl/N-ethyl adjacent to an activating group) is 1. The fourth-order valence-electron chi connectivity index (χ4n) is 3.38. The van der Waals surface area contributed by atoms with Crippen molar-refractivity contribution in [3.8, 4) is 11.6 Å². The fraction of sp³-hybridized carbons (Fsp3) is 0.263. The molecule has 5 rings (SSSR count). The number of hydrogen-bond acceptors (Lipinski definition) is 7. The number of hydrogen-bond donors (Lipinski definition) is 0. The Bertz CT molecular complexity index is 1140. The van der Waals surface area contributed by atoms with Crippen LogP contribution in [-0.2, 0) is 0 Å². The second kappa shape index (κ2) is 6.17. The summed E-state index contributed by atoms with van der Waals surface area (Å²) in [5, 5.41) is 4.27. The molecule has 0 unspecified atom stereocenters. The first-order valence-corrected chi connectivity index (χ1v) is 8.86. The molecule has 8 nitrogen and oxygen atoms in total. The molecule has 0 bridgehead atoms. The lowest BCUT2D eigenvalue weighted by Gasteiger charge is -2.33. The van der Waals surface area contributed by atoms with Gasteiger partial charge in [0.15, 0.2) is 17.5 Å². The maximum absolute atomic E-state index is 11.0. The van der Waals surface area contributed by atoms with Gasteiger partial charge in [-0.1, -0.05) is 0 Å². The van der Waals surface area contributed by atoms with E-state index in [0.717, 1.165) is 43.0 Å². The van der Waals surface area contributed by atoms with Gasteiger partial charge in [-0.2, -0.15) is 5.10 Å². The van der Waals surface area contributed by atoms with Crippen molar-refractivity contribution in [3.05, 3.63) is 42.2 Å². The van der Waals surface area contributed by atoms with Gasteiger partial charge in [0.05, 0.1) is 6.20 Å². The molecule has 4 aromatic rings. The summed E-state index contributed by atoms with van der Waals surface area (Å²) in [5.41, 5.74) is 4.22. The molecular formula is C19H18N6O2. The molecule has 27 heavy (non-hydrogen) atoms. The van der Waals surface area contributed by atoms with E-state index < -0.39 is 0 Å². The molecule has 0 amide bonds. The van der Waals surface area contributed by atoms with Gasteiger partial charge < -0.3 is 14.2 Å². The van der Waals surface area contributed by atoms with Crippen molar-refractivity contribution in [1.29, 1.82) is 0 Å². The number of oxazole rings is 1. The Morgan fingerprint density at radius 2 is 1.96 bits per heavy atom. The Morgan fingerprint density at radius 3 is 2.78 bits per heavy atom. The third-order valence-corrected chi connectivity index (χ3v) is 4.96. The highest BCUT2D eigenvalue weighted by molar-refractivity contribution is 5.80. The molecule has 3 aromatic heterocycles. The van der Waals surface area contributed by atoms with Crippen LogP contribution < -0.4 is 4.90 Å². The molecule has 1 fully saturated rings. The molecule has 0 saturated carbocycles. The van der Waals surface area contributed by atoms with E-state index in [1.165, 1.54) is 0 Å². The highest BCUT2D eigenvalue weighted by atomic mass is 16.3. The minimum Gasteiger partial charge on any atom is -0.435 e. The van der Waals surface area contributed by atoms with E-state index in [0.29, 0.717) is 29.2 Å². The predicted molar refractivity (Wildman–Crippen MR) is 101 cm³/mol. The first-order valence-electron chi connectivity index (χ1n) is 8.86. The van der Waals surface area contributed by atoms with Crippen LogP contribution >= 0.6 is 0 Å². The Balaban J connectivity index is 1.54. The summed E-state index contributed by atoms with van der Waals surface area (Å²) in [7, 11) is 2.14. The number of carbonyl (C=O) groups is 1. The van der Waals surface area contributed by atoms with Gasteiger partial charge in [0.1, 0.15) is 16.9 Å². The van der Waals surface area contributed by atoms with Crippen molar-refractivity contribution in [1.82, 2.24) is 24.5 Å². The van der Waals surface area contributed by atoms with Gasteiger partial charge in [-0.05, 0) is 31.3 Å². The van der Waals surface area contributed by atoms with E-state index in [9.17, 15) is 4.79 Å². The second-order valence-corrected chi connectivity index (χ2v) is 6.75. The number of anilines is 1. The molecule has 1 aromatic carbocycles. The van der Waals surface area contributed by atoms with Gasteiger partial charge in [0.25, 0.3) is 0 Å². The largest absolute Gasteiger partial charge is 0.435 e. The quantitative estimate of drug-likeness (QED) is 0.516. The van der Waals surface area contributed by atoms with Gasteiger partial charge in [-0.25, -0.2) is 14.5 Å². The van der Waals surface area contributed by atoms with E-state index in [1.807, 2.05) is 12.1 Å². The van der Waals surface area contributed by atoms with Crippen LogP contribution in [0, 0.1) is 0 Å². The number of aldehydes is 1. The maximum Gasteiger partial charge on any atom is 0.248 e. The third kappa shape index (κ3) is 2.74. The molecule has 1 aliphatic rings. The Labute approximate surface area is 155 Å². The molecule has 4 heterocycles. The van der Waals surface area contributed by atoms with Crippen LogP contribution in [0.3, 0.4) is 0 Å². The summed E-state index contributed by atoms with van der Waals surface area (Å²) >= 11 is 0. The van der Waals surface area contributed by atoms with E-state index >= 15 is 0 Å². The standard InChI is InChI=1S/C19H18N6O2/c1-23-6-8-24(9-7-23)14-3-4-15-17(10-14)27-19(21-15)16-11-20-18-5-2-13(12-26)22-25(16)18/h2-5,10-12H,6-9H2,1H3. The lowest BCUT2D eigenvalue weighted by Crippen LogP contribution is -2.44. The molecule has 0 radical (unpaired) electrons. The topological polar surface area (TPSA) is 79.8 Å².